The monoisotopic (exact) mass is 687 g/mol. The average molecular weight is 688 g/mol. The molecule has 0 spiro atoms. The Balaban J connectivity index is 1.27. The molecule has 0 amide bonds. The summed E-state index contributed by atoms with van der Waals surface area (Å²) in [5.41, 5.74) is 9.68. The van der Waals surface area contributed by atoms with Gasteiger partial charge in [0.15, 0.2) is 5.82 Å². The average Bonchev–Trinajstić information content (AvgIpc) is 3.80. The third kappa shape index (κ3) is 4.08. The zero-order chi connectivity index (χ0) is 35.3. The van der Waals surface area contributed by atoms with E-state index in [-0.39, 0.29) is 0 Å². The lowest BCUT2D eigenvalue weighted by Gasteiger charge is -2.16. The molecule has 54 heavy (non-hydrogen) atoms. The van der Waals surface area contributed by atoms with Gasteiger partial charge < -0.3 is 4.42 Å². The van der Waals surface area contributed by atoms with Crippen LogP contribution >= 0.6 is 0 Å². The second-order valence-electron chi connectivity index (χ2n) is 14.1. The Morgan fingerprint density at radius 2 is 1.06 bits per heavy atom. The zero-order valence-electron chi connectivity index (χ0n) is 29.0. The van der Waals surface area contributed by atoms with Crippen LogP contribution < -0.4 is 0 Å². The maximum Gasteiger partial charge on any atom is 0.165 e. The SMILES string of the molecule is c1ccc(-c2nc3ccccc3nc2-n2c3c(-c4ccc5c(c4)oc4ccc6ccccc6c45)cccc3c3c4ccccc4c4ccccc4c32)cc1. The van der Waals surface area contributed by atoms with Gasteiger partial charge in [-0.2, -0.15) is 0 Å². The van der Waals surface area contributed by atoms with Crippen LogP contribution in [0.25, 0.3) is 115 Å². The fraction of sp³-hybridized carbons (Fsp3) is 0. The van der Waals surface area contributed by atoms with Crippen molar-refractivity contribution in [3.63, 3.8) is 0 Å². The predicted octanol–water partition coefficient (Wildman–Crippen LogP) is 13.4. The smallest absolute Gasteiger partial charge is 0.165 e. The van der Waals surface area contributed by atoms with Gasteiger partial charge in [0.1, 0.15) is 16.9 Å². The Kier molecular flexibility index (Phi) is 6.02. The van der Waals surface area contributed by atoms with Gasteiger partial charge in [0, 0.05) is 38.1 Å². The van der Waals surface area contributed by atoms with Crippen LogP contribution in [-0.4, -0.2) is 14.5 Å². The minimum atomic E-state index is 0.795. The van der Waals surface area contributed by atoms with Crippen molar-refractivity contribution in [3.8, 4) is 28.2 Å². The molecule has 0 saturated carbocycles. The topological polar surface area (TPSA) is 43.9 Å². The first-order valence-corrected chi connectivity index (χ1v) is 18.3. The van der Waals surface area contributed by atoms with Crippen LogP contribution in [0.5, 0.6) is 0 Å². The summed E-state index contributed by atoms with van der Waals surface area (Å²) in [6.45, 7) is 0. The van der Waals surface area contributed by atoms with Crippen LogP contribution in [-0.2, 0) is 0 Å². The van der Waals surface area contributed by atoms with Gasteiger partial charge in [-0.25, -0.2) is 9.97 Å². The Hall–Kier alpha value is -7.30. The third-order valence-corrected chi connectivity index (χ3v) is 11.1. The van der Waals surface area contributed by atoms with E-state index in [1.807, 2.05) is 24.3 Å². The second kappa shape index (κ2) is 11.1. The van der Waals surface area contributed by atoms with Crippen LogP contribution in [0.2, 0.25) is 0 Å². The summed E-state index contributed by atoms with van der Waals surface area (Å²) < 4.78 is 9.02. The number of fused-ring (bicyclic) bond motifs is 14. The highest BCUT2D eigenvalue weighted by molar-refractivity contribution is 6.33. The van der Waals surface area contributed by atoms with E-state index in [9.17, 15) is 0 Å². The molecular formula is C50H29N3O. The van der Waals surface area contributed by atoms with E-state index < -0.39 is 0 Å². The van der Waals surface area contributed by atoms with Crippen molar-refractivity contribution in [1.82, 2.24) is 14.5 Å². The van der Waals surface area contributed by atoms with Crippen LogP contribution in [0.1, 0.15) is 0 Å². The summed E-state index contributed by atoms with van der Waals surface area (Å²) in [5.74, 6) is 0.795. The molecule has 0 bridgehead atoms. The minimum Gasteiger partial charge on any atom is -0.456 e. The first-order valence-electron chi connectivity index (χ1n) is 18.3. The van der Waals surface area contributed by atoms with Crippen molar-refractivity contribution in [2.45, 2.75) is 0 Å². The largest absolute Gasteiger partial charge is 0.456 e. The summed E-state index contributed by atoms with van der Waals surface area (Å²) in [7, 11) is 0. The van der Waals surface area contributed by atoms with Gasteiger partial charge in [-0.3, -0.25) is 4.57 Å². The maximum absolute atomic E-state index is 6.62. The van der Waals surface area contributed by atoms with Gasteiger partial charge in [-0.1, -0.05) is 146 Å². The fourth-order valence-corrected chi connectivity index (χ4v) is 8.82. The molecule has 9 aromatic carbocycles. The lowest BCUT2D eigenvalue weighted by Crippen LogP contribution is -2.04. The van der Waals surface area contributed by atoms with E-state index in [0.717, 1.165) is 77.6 Å². The lowest BCUT2D eigenvalue weighted by molar-refractivity contribution is 0.669. The van der Waals surface area contributed by atoms with Crippen LogP contribution in [0, 0.1) is 0 Å². The molecule has 0 aliphatic carbocycles. The molecule has 3 heterocycles. The van der Waals surface area contributed by atoms with Crippen molar-refractivity contribution in [3.05, 3.63) is 176 Å². The lowest BCUT2D eigenvalue weighted by atomic mass is 9.95. The first kappa shape index (κ1) is 29.3. The van der Waals surface area contributed by atoms with Crippen molar-refractivity contribution in [2.24, 2.45) is 0 Å². The summed E-state index contributed by atoms with van der Waals surface area (Å²) in [6.07, 6.45) is 0. The molecule has 12 aromatic rings. The molecule has 12 rings (SSSR count). The molecular weight excluding hydrogens is 659 g/mol. The van der Waals surface area contributed by atoms with E-state index in [1.54, 1.807) is 0 Å². The first-order chi connectivity index (χ1) is 26.8. The molecule has 4 heteroatoms. The van der Waals surface area contributed by atoms with Gasteiger partial charge >= 0.3 is 0 Å². The molecule has 0 radical (unpaired) electrons. The molecule has 0 saturated heterocycles. The standard InChI is InChI=1S/C50H29N3O/c1-2-14-31(15-3-1)47-50(52-42-24-11-10-23-41(42)51-47)53-48-34(32-25-27-39-44(29-32)54-43-28-26-30-13-4-5-16-33(30)45(39)43)21-12-22-40(48)46-37-19-8-6-17-35(37)36-18-7-9-20-38(36)49(46)53/h1-29H. The van der Waals surface area contributed by atoms with Crippen LogP contribution in [0.15, 0.2) is 180 Å². The molecule has 3 aromatic heterocycles. The summed E-state index contributed by atoms with van der Waals surface area (Å²) >= 11 is 0. The number of benzene rings is 9. The highest BCUT2D eigenvalue weighted by atomic mass is 16.3. The van der Waals surface area contributed by atoms with E-state index in [1.165, 1.54) is 37.7 Å². The van der Waals surface area contributed by atoms with Gasteiger partial charge in [0.2, 0.25) is 0 Å². The summed E-state index contributed by atoms with van der Waals surface area (Å²) in [6, 6.07) is 62.3. The number of nitrogens with zero attached hydrogens (tertiary/aromatic N) is 3. The molecule has 250 valence electrons. The molecule has 4 nitrogen and oxygen atoms in total. The van der Waals surface area contributed by atoms with Crippen LogP contribution in [0.3, 0.4) is 0 Å². The number of hydrogen-bond acceptors (Lipinski definition) is 3. The van der Waals surface area contributed by atoms with Crippen molar-refractivity contribution in [1.29, 1.82) is 0 Å². The molecule has 0 aliphatic rings. The van der Waals surface area contributed by atoms with Crippen molar-refractivity contribution < 1.29 is 4.42 Å². The normalized spacial score (nSPS) is 12.1. The van der Waals surface area contributed by atoms with E-state index in [4.69, 9.17) is 14.4 Å². The highest BCUT2D eigenvalue weighted by Gasteiger charge is 2.25. The predicted molar refractivity (Wildman–Crippen MR) is 225 cm³/mol. The van der Waals surface area contributed by atoms with Gasteiger partial charge in [-0.05, 0) is 62.8 Å². The van der Waals surface area contributed by atoms with E-state index >= 15 is 0 Å². The summed E-state index contributed by atoms with van der Waals surface area (Å²) in [5, 5.41) is 11.8. The Morgan fingerprint density at radius 3 is 1.89 bits per heavy atom. The van der Waals surface area contributed by atoms with Crippen molar-refractivity contribution >= 4 is 87.1 Å². The van der Waals surface area contributed by atoms with Gasteiger partial charge in [0.05, 0.1) is 22.1 Å². The zero-order valence-corrected chi connectivity index (χ0v) is 29.0. The molecule has 0 fully saturated rings. The van der Waals surface area contributed by atoms with Gasteiger partial charge in [0.25, 0.3) is 0 Å². The molecule has 0 atom stereocenters. The Morgan fingerprint density at radius 1 is 0.389 bits per heavy atom. The second-order valence-corrected chi connectivity index (χ2v) is 14.1. The maximum atomic E-state index is 6.62. The summed E-state index contributed by atoms with van der Waals surface area (Å²) in [4.78, 5) is 10.9. The third-order valence-electron chi connectivity index (χ3n) is 11.1. The van der Waals surface area contributed by atoms with E-state index in [0.29, 0.717) is 0 Å². The molecule has 0 aliphatic heterocycles. The van der Waals surface area contributed by atoms with Crippen LogP contribution in [0.4, 0.5) is 0 Å². The minimum absolute atomic E-state index is 0.795. The quantitative estimate of drug-likeness (QED) is 0.174. The number of aromatic nitrogens is 3. The number of para-hydroxylation sites is 3. The number of furan rings is 1. The van der Waals surface area contributed by atoms with Gasteiger partial charge in [-0.15, -0.1) is 0 Å². The van der Waals surface area contributed by atoms with Crippen molar-refractivity contribution in [2.75, 3.05) is 0 Å². The molecule has 0 N–H and O–H groups in total. The Bertz CT molecular complexity index is 3500. The van der Waals surface area contributed by atoms with E-state index in [2.05, 4.69) is 156 Å². The number of hydrogen-bond donors (Lipinski definition) is 0. The molecule has 0 unspecified atom stereocenters. The fourth-order valence-electron chi connectivity index (χ4n) is 8.82. The highest BCUT2D eigenvalue weighted by Crippen LogP contribution is 2.46. The Labute approximate surface area is 309 Å². The number of rotatable bonds is 3.